The molecule has 1 fully saturated rings. The quantitative estimate of drug-likeness (QED) is 0.356. The highest BCUT2D eigenvalue weighted by Crippen LogP contribution is 2.57. The number of benzene rings is 3. The molecule has 5 rings (SSSR count). The number of rotatable bonds is 8. The number of carbonyl (C=O) groups is 1. The minimum Gasteiger partial charge on any atom is -0.480 e. The number of aromatic nitrogens is 2. The van der Waals surface area contributed by atoms with Gasteiger partial charge in [0.15, 0.2) is 5.82 Å². The van der Waals surface area contributed by atoms with Gasteiger partial charge in [-0.05, 0) is 47.4 Å². The minimum absolute atomic E-state index is 0.0660. The van der Waals surface area contributed by atoms with Gasteiger partial charge in [-0.1, -0.05) is 71.4 Å². The van der Waals surface area contributed by atoms with Crippen LogP contribution in [0.1, 0.15) is 23.7 Å². The van der Waals surface area contributed by atoms with E-state index in [0.29, 0.717) is 10.6 Å². The van der Waals surface area contributed by atoms with Crippen molar-refractivity contribution in [2.45, 2.75) is 29.3 Å². The fourth-order valence-electron chi connectivity index (χ4n) is 4.44. The zero-order chi connectivity index (χ0) is 25.5. The number of nitrogens with zero attached hydrogens (tertiary/aromatic N) is 2. The average Bonchev–Trinajstić information content (AvgIpc) is 3.50. The smallest absolute Gasteiger partial charge is 0.438 e. The molecule has 2 N–H and O–H groups in total. The maximum atomic E-state index is 13.9. The molecule has 3 aromatic carbocycles. The van der Waals surface area contributed by atoms with E-state index in [2.05, 4.69) is 14.7 Å². The molecule has 0 saturated heterocycles. The number of H-pyrrole nitrogens is 1. The Hall–Kier alpha value is -3.73. The van der Waals surface area contributed by atoms with Crippen molar-refractivity contribution in [2.24, 2.45) is 0 Å². The Bertz CT molecular complexity index is 1570. The van der Waals surface area contributed by atoms with Crippen LogP contribution in [-0.4, -0.2) is 39.5 Å². The lowest BCUT2D eigenvalue weighted by atomic mass is 10.1. The van der Waals surface area contributed by atoms with Crippen LogP contribution in [0.25, 0.3) is 11.1 Å². The predicted molar refractivity (Wildman–Crippen MR) is 131 cm³/mol. The first kappa shape index (κ1) is 24.0. The second-order valence-electron chi connectivity index (χ2n) is 8.48. The van der Waals surface area contributed by atoms with Gasteiger partial charge in [-0.2, -0.15) is 4.31 Å². The molecule has 1 aliphatic rings. The Morgan fingerprint density at radius 2 is 1.67 bits per heavy atom. The van der Waals surface area contributed by atoms with E-state index in [4.69, 9.17) is 11.6 Å². The van der Waals surface area contributed by atoms with Crippen molar-refractivity contribution in [1.82, 2.24) is 14.4 Å². The van der Waals surface area contributed by atoms with Crippen molar-refractivity contribution in [3.63, 3.8) is 0 Å². The van der Waals surface area contributed by atoms with Crippen molar-refractivity contribution in [3.8, 4) is 11.1 Å². The lowest BCUT2D eigenvalue weighted by Gasteiger charge is -2.28. The number of hydrogen-bond acceptors (Lipinski definition) is 6. The first-order valence-electron chi connectivity index (χ1n) is 10.9. The van der Waals surface area contributed by atoms with Gasteiger partial charge in [0.2, 0.25) is 10.0 Å². The van der Waals surface area contributed by atoms with Crippen LogP contribution in [0.2, 0.25) is 5.02 Å². The Morgan fingerprint density at radius 1 is 1.06 bits per heavy atom. The van der Waals surface area contributed by atoms with Crippen LogP contribution in [0.5, 0.6) is 0 Å². The van der Waals surface area contributed by atoms with E-state index >= 15 is 0 Å². The van der Waals surface area contributed by atoms with Gasteiger partial charge in [-0.15, -0.1) is 0 Å². The second-order valence-corrected chi connectivity index (χ2v) is 10.8. The molecule has 0 amide bonds. The molecular weight excluding hydrogens is 506 g/mol. The monoisotopic (exact) mass is 525 g/mol. The van der Waals surface area contributed by atoms with Gasteiger partial charge < -0.3 is 5.11 Å². The molecule has 184 valence electrons. The second kappa shape index (κ2) is 9.05. The van der Waals surface area contributed by atoms with Crippen molar-refractivity contribution >= 4 is 27.6 Å². The summed E-state index contributed by atoms with van der Waals surface area (Å²) in [6.07, 6.45) is 0.0660. The maximum Gasteiger partial charge on any atom is 0.438 e. The van der Waals surface area contributed by atoms with Crippen LogP contribution in [0, 0.1) is 0 Å². The first-order valence-corrected chi connectivity index (χ1v) is 12.8. The normalized spacial score (nSPS) is 19.3. The van der Waals surface area contributed by atoms with E-state index in [1.165, 1.54) is 12.1 Å². The number of carboxylic acids is 1. The Kier molecular flexibility index (Phi) is 6.03. The molecular formula is C25H20ClN3O6S. The van der Waals surface area contributed by atoms with Crippen molar-refractivity contribution in [2.75, 3.05) is 0 Å². The zero-order valence-electron chi connectivity index (χ0n) is 18.7. The van der Waals surface area contributed by atoms with E-state index in [0.717, 1.165) is 15.4 Å². The summed E-state index contributed by atoms with van der Waals surface area (Å²) in [5.74, 6) is -2.84. The molecule has 11 heteroatoms. The summed E-state index contributed by atoms with van der Waals surface area (Å²) in [4.78, 5) is 26.3. The Labute approximate surface area is 211 Å². The molecule has 0 aliphatic heterocycles. The third-order valence-corrected chi connectivity index (χ3v) is 8.50. The van der Waals surface area contributed by atoms with E-state index in [9.17, 15) is 23.1 Å². The van der Waals surface area contributed by atoms with Crippen LogP contribution in [0.4, 0.5) is 0 Å². The highest BCUT2D eigenvalue weighted by atomic mass is 35.5. The van der Waals surface area contributed by atoms with Crippen LogP contribution in [0.3, 0.4) is 0 Å². The minimum atomic E-state index is -4.35. The Morgan fingerprint density at radius 3 is 2.22 bits per heavy atom. The molecule has 0 unspecified atom stereocenters. The third kappa shape index (κ3) is 4.23. The van der Waals surface area contributed by atoms with Crippen LogP contribution in [0.15, 0.2) is 93.1 Å². The summed E-state index contributed by atoms with van der Waals surface area (Å²) in [7, 11) is -4.35. The van der Waals surface area contributed by atoms with Gasteiger partial charge in [0.1, 0.15) is 5.54 Å². The van der Waals surface area contributed by atoms with E-state index in [-0.39, 0.29) is 17.1 Å². The number of halogens is 1. The molecule has 1 aliphatic carbocycles. The van der Waals surface area contributed by atoms with Gasteiger partial charge in [0, 0.05) is 10.9 Å². The van der Waals surface area contributed by atoms with Gasteiger partial charge in [-0.25, -0.2) is 13.2 Å². The number of aromatic amines is 1. The topological polar surface area (TPSA) is 134 Å². The van der Waals surface area contributed by atoms with Crippen molar-refractivity contribution < 1.29 is 22.8 Å². The third-order valence-electron chi connectivity index (χ3n) is 6.35. The molecule has 1 aromatic heterocycles. The predicted octanol–water partition coefficient (Wildman–Crippen LogP) is 3.89. The lowest BCUT2D eigenvalue weighted by Crippen LogP contribution is -2.48. The molecule has 9 nitrogen and oxygen atoms in total. The summed E-state index contributed by atoms with van der Waals surface area (Å²) >= 11 is 5.95. The summed E-state index contributed by atoms with van der Waals surface area (Å²) in [6.45, 7) is -0.483. The molecule has 1 heterocycles. The van der Waals surface area contributed by atoms with Crippen LogP contribution in [-0.2, 0) is 21.4 Å². The van der Waals surface area contributed by atoms with Crippen LogP contribution >= 0.6 is 11.6 Å². The van der Waals surface area contributed by atoms with E-state index < -0.39 is 39.8 Å². The lowest BCUT2D eigenvalue weighted by molar-refractivity contribution is -0.143. The van der Waals surface area contributed by atoms with Crippen molar-refractivity contribution in [3.05, 3.63) is 106 Å². The average molecular weight is 526 g/mol. The van der Waals surface area contributed by atoms with Gasteiger partial charge in [-0.3, -0.25) is 14.3 Å². The number of sulfonamides is 1. The number of nitrogens with one attached hydrogen (secondary N) is 1. The first-order chi connectivity index (χ1) is 17.2. The molecule has 0 spiro atoms. The fourth-order valence-corrected chi connectivity index (χ4v) is 6.31. The molecule has 0 bridgehead atoms. The van der Waals surface area contributed by atoms with Crippen LogP contribution < -0.4 is 5.76 Å². The van der Waals surface area contributed by atoms with Gasteiger partial charge in [0.05, 0.1) is 11.4 Å². The standard InChI is InChI=1S/C25H20ClN3O6S/c26-19-10-6-16(7-11-19)17-8-12-20(13-9-17)36(33,34)29(15-22-27-24(32)35-28-22)25(23(30)31)14-21(25)18-4-2-1-3-5-18/h1-13,21H,14-15H2,(H,30,31)(H,27,28,32)/t21-,25+/m0/s1. The van der Waals surface area contributed by atoms with Crippen molar-refractivity contribution in [1.29, 1.82) is 0 Å². The summed E-state index contributed by atoms with van der Waals surface area (Å²) in [6, 6.07) is 22.1. The summed E-state index contributed by atoms with van der Waals surface area (Å²) < 4.78 is 33.2. The fraction of sp³-hybridized carbons (Fsp3) is 0.160. The number of carboxylic acid groups (broad SMARTS) is 1. The molecule has 2 atom stereocenters. The largest absolute Gasteiger partial charge is 0.480 e. The summed E-state index contributed by atoms with van der Waals surface area (Å²) in [5.41, 5.74) is 0.547. The molecule has 4 aromatic rings. The summed E-state index contributed by atoms with van der Waals surface area (Å²) in [5, 5.41) is 14.4. The van der Waals surface area contributed by atoms with Gasteiger partial charge in [0.25, 0.3) is 0 Å². The molecule has 0 radical (unpaired) electrons. The van der Waals surface area contributed by atoms with E-state index in [1.54, 1.807) is 54.6 Å². The highest BCUT2D eigenvalue weighted by molar-refractivity contribution is 7.89. The highest BCUT2D eigenvalue weighted by Gasteiger charge is 2.68. The van der Waals surface area contributed by atoms with E-state index in [1.807, 2.05) is 12.1 Å². The molecule has 1 saturated carbocycles. The number of hydrogen-bond donors (Lipinski definition) is 2. The molecule has 36 heavy (non-hydrogen) atoms. The number of aliphatic carboxylic acids is 1. The maximum absolute atomic E-state index is 13.9. The van der Waals surface area contributed by atoms with Gasteiger partial charge >= 0.3 is 11.7 Å². The Balaban J connectivity index is 1.56. The zero-order valence-corrected chi connectivity index (χ0v) is 20.2. The SMILES string of the molecule is O=C(O)[C@@]1(N(Cc2noc(=O)[nH]2)S(=O)(=O)c2ccc(-c3ccc(Cl)cc3)cc2)C[C@H]1c1ccccc1.